The molecule has 0 aromatic rings. The second kappa shape index (κ2) is 7.25. The minimum Gasteiger partial charge on any atom is -0.368 e. The highest BCUT2D eigenvalue weighted by atomic mass is 16.2. The molecule has 1 heterocycles. The number of amides is 2. The van der Waals surface area contributed by atoms with Crippen molar-refractivity contribution in [3.8, 4) is 0 Å². The highest BCUT2D eigenvalue weighted by Crippen LogP contribution is 2.32. The third kappa shape index (κ3) is 4.43. The zero-order chi connectivity index (χ0) is 15.4. The van der Waals surface area contributed by atoms with Gasteiger partial charge in [-0.05, 0) is 31.6 Å². The van der Waals surface area contributed by atoms with Gasteiger partial charge in [0.25, 0.3) is 0 Å². The van der Waals surface area contributed by atoms with Gasteiger partial charge >= 0.3 is 0 Å². The van der Waals surface area contributed by atoms with E-state index in [0.717, 1.165) is 51.6 Å². The predicted octanol–water partition coefficient (Wildman–Crippen LogP) is 1.27. The molecule has 0 bridgehead atoms. The second-order valence-corrected chi connectivity index (χ2v) is 6.69. The van der Waals surface area contributed by atoms with Crippen LogP contribution in [0.4, 0.5) is 0 Å². The summed E-state index contributed by atoms with van der Waals surface area (Å²) in [6.07, 6.45) is 5.91. The highest BCUT2D eigenvalue weighted by molar-refractivity contribution is 5.81. The number of carbonyl (C=O) groups is 2. The number of nitrogens with one attached hydrogen (secondary N) is 1. The third-order valence-corrected chi connectivity index (χ3v) is 4.75. The third-order valence-electron chi connectivity index (χ3n) is 4.75. The van der Waals surface area contributed by atoms with E-state index in [4.69, 9.17) is 5.73 Å². The maximum Gasteiger partial charge on any atom is 0.234 e. The Bertz CT molecular complexity index is 382. The molecule has 3 atom stereocenters. The zero-order valence-corrected chi connectivity index (χ0v) is 13.3. The number of piperidine rings is 1. The second-order valence-electron chi connectivity index (χ2n) is 6.69. The molecule has 1 aliphatic carbocycles. The Kier molecular flexibility index (Phi) is 5.62. The molecule has 21 heavy (non-hydrogen) atoms. The molecule has 2 fully saturated rings. The smallest absolute Gasteiger partial charge is 0.234 e. The molecule has 2 amide bonds. The molecule has 0 spiro atoms. The molecule has 1 saturated carbocycles. The van der Waals surface area contributed by atoms with Crippen LogP contribution >= 0.6 is 0 Å². The van der Waals surface area contributed by atoms with E-state index in [1.54, 1.807) is 0 Å². The molecule has 3 N–H and O–H groups in total. The van der Waals surface area contributed by atoms with Gasteiger partial charge in [-0.2, -0.15) is 0 Å². The number of hydrogen-bond donors (Lipinski definition) is 2. The van der Waals surface area contributed by atoms with E-state index in [2.05, 4.69) is 19.2 Å². The number of nitrogens with zero attached hydrogens (tertiary/aromatic N) is 1. The van der Waals surface area contributed by atoms with Crippen molar-refractivity contribution in [2.75, 3.05) is 13.1 Å². The molecule has 5 nitrogen and oxygen atoms in total. The fourth-order valence-corrected chi connectivity index (χ4v) is 3.16. The summed E-state index contributed by atoms with van der Waals surface area (Å²) in [5.74, 6) is 0.736. The van der Waals surface area contributed by atoms with Gasteiger partial charge in [0.15, 0.2) is 0 Å². The Hall–Kier alpha value is -1.10. The van der Waals surface area contributed by atoms with E-state index in [1.807, 2.05) is 4.90 Å². The van der Waals surface area contributed by atoms with Crippen LogP contribution in [-0.4, -0.2) is 41.9 Å². The molecule has 1 aliphatic heterocycles. The fraction of sp³-hybridized carbons (Fsp3) is 0.875. The van der Waals surface area contributed by atoms with Crippen molar-refractivity contribution in [2.45, 2.75) is 64.5 Å². The van der Waals surface area contributed by atoms with Crippen LogP contribution in [-0.2, 0) is 9.59 Å². The number of hydrogen-bond acceptors (Lipinski definition) is 3. The first-order chi connectivity index (χ1) is 10.0. The topological polar surface area (TPSA) is 75.4 Å². The van der Waals surface area contributed by atoms with E-state index < -0.39 is 0 Å². The zero-order valence-electron chi connectivity index (χ0n) is 13.3. The largest absolute Gasteiger partial charge is 0.368 e. The van der Waals surface area contributed by atoms with Gasteiger partial charge in [-0.3, -0.25) is 9.59 Å². The Balaban J connectivity index is 1.83. The summed E-state index contributed by atoms with van der Waals surface area (Å²) in [4.78, 5) is 25.7. The number of primary amides is 1. The van der Waals surface area contributed by atoms with Crippen LogP contribution in [0.25, 0.3) is 0 Å². The van der Waals surface area contributed by atoms with Crippen LogP contribution in [0, 0.1) is 11.8 Å². The molecule has 0 aromatic heterocycles. The van der Waals surface area contributed by atoms with Gasteiger partial charge < -0.3 is 16.0 Å². The van der Waals surface area contributed by atoms with Gasteiger partial charge in [0.2, 0.25) is 11.8 Å². The molecule has 5 heteroatoms. The highest BCUT2D eigenvalue weighted by Gasteiger charge is 2.37. The molecular formula is C16H29N3O2. The first-order valence-electron chi connectivity index (χ1n) is 8.37. The molecular weight excluding hydrogens is 266 g/mol. The maximum atomic E-state index is 12.1. The van der Waals surface area contributed by atoms with Gasteiger partial charge in [0.1, 0.15) is 0 Å². The van der Waals surface area contributed by atoms with E-state index in [-0.39, 0.29) is 18.0 Å². The van der Waals surface area contributed by atoms with Crippen molar-refractivity contribution >= 4 is 11.8 Å². The SMILES string of the molecule is CCCC[C@H](N[C@@H]1CCN(C(=O)C2CC2)C[C@@H]1C)C(N)=O. The lowest BCUT2D eigenvalue weighted by atomic mass is 9.92. The Morgan fingerprint density at radius 2 is 2.05 bits per heavy atom. The number of rotatable bonds is 7. The van der Waals surface area contributed by atoms with Gasteiger partial charge in [0, 0.05) is 25.0 Å². The lowest BCUT2D eigenvalue weighted by Gasteiger charge is -2.39. The van der Waals surface area contributed by atoms with Crippen molar-refractivity contribution in [1.29, 1.82) is 0 Å². The Labute approximate surface area is 127 Å². The molecule has 2 aliphatic rings. The van der Waals surface area contributed by atoms with Crippen LogP contribution in [0.15, 0.2) is 0 Å². The van der Waals surface area contributed by atoms with Crippen molar-refractivity contribution < 1.29 is 9.59 Å². The molecule has 0 aromatic carbocycles. The maximum absolute atomic E-state index is 12.1. The summed E-state index contributed by atoms with van der Waals surface area (Å²) in [6.45, 7) is 5.87. The van der Waals surface area contributed by atoms with E-state index in [9.17, 15) is 9.59 Å². The number of unbranched alkanes of at least 4 members (excludes halogenated alkanes) is 1. The quantitative estimate of drug-likeness (QED) is 0.742. The molecule has 120 valence electrons. The standard InChI is InChI=1S/C16H29N3O2/c1-3-4-5-14(15(17)20)18-13-8-9-19(10-11(13)2)16(21)12-6-7-12/h11-14,18H,3-10H2,1-2H3,(H2,17,20)/t11-,13+,14-/m0/s1. The normalized spacial score (nSPS) is 27.4. The summed E-state index contributed by atoms with van der Waals surface area (Å²) in [5.41, 5.74) is 5.50. The van der Waals surface area contributed by atoms with Crippen LogP contribution in [0.3, 0.4) is 0 Å². The molecule has 0 unspecified atom stereocenters. The van der Waals surface area contributed by atoms with Gasteiger partial charge in [-0.15, -0.1) is 0 Å². The van der Waals surface area contributed by atoms with E-state index in [1.165, 1.54) is 0 Å². The van der Waals surface area contributed by atoms with Gasteiger partial charge in [-0.25, -0.2) is 0 Å². The number of likely N-dealkylation sites (tertiary alicyclic amines) is 1. The first-order valence-corrected chi connectivity index (χ1v) is 8.37. The Morgan fingerprint density at radius 1 is 1.33 bits per heavy atom. The van der Waals surface area contributed by atoms with Gasteiger partial charge in [-0.1, -0.05) is 26.7 Å². The van der Waals surface area contributed by atoms with Crippen molar-refractivity contribution in [1.82, 2.24) is 10.2 Å². The molecule has 1 saturated heterocycles. The first kappa shape index (κ1) is 16.3. The van der Waals surface area contributed by atoms with E-state index >= 15 is 0 Å². The summed E-state index contributed by atoms with van der Waals surface area (Å²) in [7, 11) is 0. The minimum atomic E-state index is -0.257. The lowest BCUT2D eigenvalue weighted by Crippen LogP contribution is -2.55. The van der Waals surface area contributed by atoms with Crippen molar-refractivity contribution in [3.63, 3.8) is 0 Å². The van der Waals surface area contributed by atoms with Crippen molar-refractivity contribution in [2.24, 2.45) is 17.6 Å². The fourth-order valence-electron chi connectivity index (χ4n) is 3.16. The lowest BCUT2D eigenvalue weighted by molar-refractivity contribution is -0.135. The van der Waals surface area contributed by atoms with Crippen molar-refractivity contribution in [3.05, 3.63) is 0 Å². The Morgan fingerprint density at radius 3 is 2.57 bits per heavy atom. The number of nitrogens with two attached hydrogens (primary N) is 1. The van der Waals surface area contributed by atoms with E-state index in [0.29, 0.717) is 17.7 Å². The van der Waals surface area contributed by atoms with Crippen LogP contribution in [0.2, 0.25) is 0 Å². The molecule has 2 rings (SSSR count). The summed E-state index contributed by atoms with van der Waals surface area (Å²) < 4.78 is 0. The van der Waals surface area contributed by atoms with Gasteiger partial charge in [0.05, 0.1) is 6.04 Å². The predicted molar refractivity (Wildman–Crippen MR) is 82.5 cm³/mol. The minimum absolute atomic E-state index is 0.233. The van der Waals surface area contributed by atoms with Crippen LogP contribution in [0.5, 0.6) is 0 Å². The average molecular weight is 295 g/mol. The number of carbonyl (C=O) groups excluding carboxylic acids is 2. The summed E-state index contributed by atoms with van der Waals surface area (Å²) in [5, 5.41) is 3.43. The summed E-state index contributed by atoms with van der Waals surface area (Å²) >= 11 is 0. The van der Waals surface area contributed by atoms with Crippen LogP contribution < -0.4 is 11.1 Å². The average Bonchev–Trinajstić information content (AvgIpc) is 3.28. The van der Waals surface area contributed by atoms with Crippen LogP contribution in [0.1, 0.15) is 52.4 Å². The molecule has 0 radical (unpaired) electrons. The monoisotopic (exact) mass is 295 g/mol. The summed E-state index contributed by atoms with van der Waals surface area (Å²) in [6, 6.07) is 0.0469.